The van der Waals surface area contributed by atoms with Crippen molar-refractivity contribution in [2.24, 2.45) is 5.73 Å². The Hall–Kier alpha value is -2.45. The van der Waals surface area contributed by atoms with Crippen LogP contribution in [0.1, 0.15) is 16.7 Å². The summed E-state index contributed by atoms with van der Waals surface area (Å²) in [6.45, 7) is 2.31. The Labute approximate surface area is 193 Å². The zero-order valence-electron chi connectivity index (χ0n) is 17.5. The predicted octanol–water partition coefficient (Wildman–Crippen LogP) is 4.21. The number of nitrogens with two attached hydrogens (primary N) is 1. The van der Waals surface area contributed by atoms with Crippen molar-refractivity contribution in [1.29, 1.82) is 0 Å². The largest absolute Gasteiger partial charge is 0.326 e. The smallest absolute Gasteiger partial charge is 0.261 e. The minimum Gasteiger partial charge on any atom is -0.326 e. The van der Waals surface area contributed by atoms with E-state index in [0.29, 0.717) is 10.7 Å². The van der Waals surface area contributed by atoms with Gasteiger partial charge in [0, 0.05) is 36.4 Å². The van der Waals surface area contributed by atoms with Crippen molar-refractivity contribution in [1.82, 2.24) is 4.90 Å². The predicted molar refractivity (Wildman–Crippen MR) is 126 cm³/mol. The minimum absolute atomic E-state index is 0.00251. The quantitative estimate of drug-likeness (QED) is 0.539. The first-order valence-corrected chi connectivity index (χ1v) is 12.3. The SMILES string of the molecule is N[C@@H](Cc1ccc(Cl)cc1)CN1CCc2cc(S(=O)(=O)Nc3ccc(F)cc3)ccc2C1. The zero-order valence-corrected chi connectivity index (χ0v) is 19.0. The third-order valence-electron chi connectivity index (χ3n) is 5.58. The lowest BCUT2D eigenvalue weighted by Gasteiger charge is -2.31. The Balaban J connectivity index is 1.39. The molecular weight excluding hydrogens is 449 g/mol. The van der Waals surface area contributed by atoms with E-state index < -0.39 is 15.8 Å². The summed E-state index contributed by atoms with van der Waals surface area (Å²) >= 11 is 5.94. The van der Waals surface area contributed by atoms with Gasteiger partial charge >= 0.3 is 0 Å². The summed E-state index contributed by atoms with van der Waals surface area (Å²) in [5, 5.41) is 0.712. The van der Waals surface area contributed by atoms with Crippen LogP contribution < -0.4 is 10.5 Å². The molecule has 168 valence electrons. The molecule has 1 aliphatic heterocycles. The van der Waals surface area contributed by atoms with Crippen molar-refractivity contribution in [3.63, 3.8) is 0 Å². The van der Waals surface area contributed by atoms with Gasteiger partial charge in [0.05, 0.1) is 4.90 Å². The Morgan fingerprint density at radius 3 is 2.47 bits per heavy atom. The summed E-state index contributed by atoms with van der Waals surface area (Å²) in [5.74, 6) is -0.417. The molecule has 0 unspecified atom stereocenters. The number of halogens is 2. The molecule has 0 radical (unpaired) electrons. The highest BCUT2D eigenvalue weighted by molar-refractivity contribution is 7.92. The fourth-order valence-corrected chi connectivity index (χ4v) is 5.20. The maximum atomic E-state index is 13.1. The minimum atomic E-state index is -3.75. The molecule has 32 heavy (non-hydrogen) atoms. The Kier molecular flexibility index (Phi) is 6.81. The summed E-state index contributed by atoms with van der Waals surface area (Å²) < 4.78 is 41.0. The van der Waals surface area contributed by atoms with Gasteiger partial charge in [-0.1, -0.05) is 29.8 Å². The molecule has 3 aromatic carbocycles. The Morgan fingerprint density at radius 2 is 1.75 bits per heavy atom. The van der Waals surface area contributed by atoms with Crippen LogP contribution in [-0.4, -0.2) is 32.4 Å². The van der Waals surface area contributed by atoms with Gasteiger partial charge in [-0.2, -0.15) is 0 Å². The van der Waals surface area contributed by atoms with E-state index in [0.717, 1.165) is 49.2 Å². The van der Waals surface area contributed by atoms with Gasteiger partial charge in [-0.15, -0.1) is 0 Å². The van der Waals surface area contributed by atoms with Gasteiger partial charge in [-0.25, -0.2) is 12.8 Å². The van der Waals surface area contributed by atoms with Gasteiger partial charge < -0.3 is 5.73 Å². The first kappa shape index (κ1) is 22.7. The number of nitrogens with one attached hydrogen (secondary N) is 1. The van der Waals surface area contributed by atoms with Gasteiger partial charge in [0.2, 0.25) is 0 Å². The van der Waals surface area contributed by atoms with Crippen molar-refractivity contribution in [3.8, 4) is 0 Å². The number of benzene rings is 3. The summed E-state index contributed by atoms with van der Waals surface area (Å²) in [5.41, 5.74) is 9.98. The standard InChI is InChI=1S/C24H25ClFN3O2S/c25-20-4-1-17(2-5-20)13-22(27)16-29-12-11-18-14-24(10-3-19(18)15-29)32(30,31)28-23-8-6-21(26)7-9-23/h1-10,14,22,28H,11-13,15-16,27H2/t22-/m0/s1. The molecule has 1 atom stereocenters. The molecule has 4 rings (SSSR count). The average Bonchev–Trinajstić information content (AvgIpc) is 2.76. The number of nitrogens with zero attached hydrogens (tertiary/aromatic N) is 1. The summed E-state index contributed by atoms with van der Waals surface area (Å²) in [6.07, 6.45) is 1.52. The Bertz CT molecular complexity index is 1180. The molecule has 0 amide bonds. The van der Waals surface area contributed by atoms with E-state index in [4.69, 9.17) is 17.3 Å². The van der Waals surface area contributed by atoms with Crippen LogP contribution in [0.25, 0.3) is 0 Å². The Morgan fingerprint density at radius 1 is 1.03 bits per heavy atom. The van der Waals surface area contributed by atoms with Gasteiger partial charge in [-0.3, -0.25) is 9.62 Å². The van der Waals surface area contributed by atoms with E-state index >= 15 is 0 Å². The van der Waals surface area contributed by atoms with Crippen molar-refractivity contribution in [3.05, 3.63) is 94.3 Å². The van der Waals surface area contributed by atoms with Crippen LogP contribution in [0.4, 0.5) is 10.1 Å². The first-order chi connectivity index (χ1) is 15.3. The van der Waals surface area contributed by atoms with E-state index in [9.17, 15) is 12.8 Å². The summed E-state index contributed by atoms with van der Waals surface area (Å²) in [7, 11) is -3.75. The highest BCUT2D eigenvalue weighted by atomic mass is 35.5. The van der Waals surface area contributed by atoms with Crippen molar-refractivity contribution >= 4 is 27.3 Å². The third kappa shape index (κ3) is 5.66. The topological polar surface area (TPSA) is 75.4 Å². The molecule has 0 saturated carbocycles. The molecule has 0 bridgehead atoms. The molecule has 0 fully saturated rings. The maximum Gasteiger partial charge on any atom is 0.261 e. The molecule has 1 heterocycles. The number of anilines is 1. The van der Waals surface area contributed by atoms with Crippen LogP contribution in [0.15, 0.2) is 71.6 Å². The number of hydrogen-bond acceptors (Lipinski definition) is 4. The van der Waals surface area contributed by atoms with E-state index in [2.05, 4.69) is 9.62 Å². The van der Waals surface area contributed by atoms with Crippen LogP contribution in [0.5, 0.6) is 0 Å². The fourth-order valence-electron chi connectivity index (χ4n) is 3.96. The highest BCUT2D eigenvalue weighted by Gasteiger charge is 2.22. The van der Waals surface area contributed by atoms with Gasteiger partial charge in [0.25, 0.3) is 10.0 Å². The molecule has 5 nitrogen and oxygen atoms in total. The van der Waals surface area contributed by atoms with E-state index in [1.165, 1.54) is 24.3 Å². The van der Waals surface area contributed by atoms with Crippen molar-refractivity contribution in [2.45, 2.75) is 30.3 Å². The molecule has 0 aromatic heterocycles. The van der Waals surface area contributed by atoms with Crippen molar-refractivity contribution in [2.75, 3.05) is 17.8 Å². The first-order valence-electron chi connectivity index (χ1n) is 10.4. The average molecular weight is 474 g/mol. The van der Waals surface area contributed by atoms with Crippen LogP contribution >= 0.6 is 11.6 Å². The number of rotatable bonds is 7. The molecule has 3 N–H and O–H groups in total. The highest BCUT2D eigenvalue weighted by Crippen LogP contribution is 2.24. The monoisotopic (exact) mass is 473 g/mol. The lowest BCUT2D eigenvalue weighted by Crippen LogP contribution is -2.41. The molecule has 8 heteroatoms. The van der Waals surface area contributed by atoms with E-state index in [-0.39, 0.29) is 10.9 Å². The lowest BCUT2D eigenvalue weighted by atomic mass is 9.98. The van der Waals surface area contributed by atoms with Crippen LogP contribution in [0.3, 0.4) is 0 Å². The number of sulfonamides is 1. The molecule has 0 spiro atoms. The molecule has 3 aromatic rings. The summed E-state index contributed by atoms with van der Waals surface area (Å²) in [6, 6.07) is 18.2. The summed E-state index contributed by atoms with van der Waals surface area (Å²) in [4.78, 5) is 2.50. The van der Waals surface area contributed by atoms with E-state index in [1.807, 2.05) is 30.3 Å². The second-order valence-corrected chi connectivity index (χ2v) is 10.2. The van der Waals surface area contributed by atoms with E-state index in [1.54, 1.807) is 12.1 Å². The normalized spacial score (nSPS) is 15.2. The second kappa shape index (κ2) is 9.58. The van der Waals surface area contributed by atoms with Crippen molar-refractivity contribution < 1.29 is 12.8 Å². The molecule has 0 aliphatic carbocycles. The lowest BCUT2D eigenvalue weighted by molar-refractivity contribution is 0.237. The number of fused-ring (bicyclic) bond motifs is 1. The van der Waals surface area contributed by atoms with Crippen LogP contribution in [0, 0.1) is 5.82 Å². The zero-order chi connectivity index (χ0) is 22.7. The fraction of sp³-hybridized carbons (Fsp3) is 0.250. The van der Waals surface area contributed by atoms with Crippen LogP contribution in [0.2, 0.25) is 5.02 Å². The van der Waals surface area contributed by atoms with Crippen LogP contribution in [-0.2, 0) is 29.4 Å². The molecule has 1 aliphatic rings. The number of hydrogen-bond donors (Lipinski definition) is 2. The molecular formula is C24H25ClFN3O2S. The van der Waals surface area contributed by atoms with Gasteiger partial charge in [-0.05, 0) is 78.1 Å². The third-order valence-corrected chi connectivity index (χ3v) is 7.21. The molecule has 0 saturated heterocycles. The second-order valence-electron chi connectivity index (χ2n) is 8.12. The van der Waals surface area contributed by atoms with Gasteiger partial charge in [0.15, 0.2) is 0 Å². The maximum absolute atomic E-state index is 13.1. The van der Waals surface area contributed by atoms with Gasteiger partial charge in [0.1, 0.15) is 5.82 Å².